The number of hydrogen-bond acceptors (Lipinski definition) is 2. The van der Waals surface area contributed by atoms with E-state index >= 15 is 0 Å². The van der Waals surface area contributed by atoms with Crippen LogP contribution in [0, 0.1) is 6.92 Å². The molecule has 0 saturated carbocycles. The maximum absolute atomic E-state index is 5.50. The SMILES string of the molecule is CCNCc1occc1-c1cccc(C)c1. The van der Waals surface area contributed by atoms with Gasteiger partial charge in [-0.15, -0.1) is 0 Å². The van der Waals surface area contributed by atoms with Crippen LogP contribution in [0.2, 0.25) is 0 Å². The van der Waals surface area contributed by atoms with Gasteiger partial charge in [0.05, 0.1) is 12.8 Å². The highest BCUT2D eigenvalue weighted by molar-refractivity contribution is 5.66. The molecule has 0 unspecified atom stereocenters. The Morgan fingerprint density at radius 2 is 2.12 bits per heavy atom. The van der Waals surface area contributed by atoms with E-state index in [1.807, 2.05) is 6.07 Å². The Morgan fingerprint density at radius 1 is 1.25 bits per heavy atom. The molecule has 1 N–H and O–H groups in total. The average Bonchev–Trinajstić information content (AvgIpc) is 2.74. The van der Waals surface area contributed by atoms with Crippen molar-refractivity contribution in [3.63, 3.8) is 0 Å². The third-order valence-electron chi connectivity index (χ3n) is 2.61. The topological polar surface area (TPSA) is 25.2 Å². The van der Waals surface area contributed by atoms with Crippen LogP contribution in [0.1, 0.15) is 18.2 Å². The fourth-order valence-electron chi connectivity index (χ4n) is 1.79. The zero-order chi connectivity index (χ0) is 11.4. The van der Waals surface area contributed by atoms with E-state index in [1.54, 1.807) is 6.26 Å². The van der Waals surface area contributed by atoms with Crippen LogP contribution in [0.25, 0.3) is 11.1 Å². The Kier molecular flexibility index (Phi) is 3.42. The summed E-state index contributed by atoms with van der Waals surface area (Å²) in [5, 5.41) is 3.28. The normalized spacial score (nSPS) is 10.6. The summed E-state index contributed by atoms with van der Waals surface area (Å²) < 4.78 is 5.50. The minimum absolute atomic E-state index is 0.784. The molecule has 0 aliphatic heterocycles. The predicted molar refractivity (Wildman–Crippen MR) is 66.3 cm³/mol. The second-order valence-corrected chi connectivity index (χ2v) is 3.91. The largest absolute Gasteiger partial charge is 0.467 e. The van der Waals surface area contributed by atoms with E-state index in [4.69, 9.17) is 4.42 Å². The molecule has 1 aromatic heterocycles. The number of furan rings is 1. The molecule has 0 fully saturated rings. The minimum Gasteiger partial charge on any atom is -0.467 e. The Hall–Kier alpha value is -1.54. The van der Waals surface area contributed by atoms with Gasteiger partial charge in [-0.05, 0) is 25.1 Å². The van der Waals surface area contributed by atoms with E-state index in [1.165, 1.54) is 16.7 Å². The van der Waals surface area contributed by atoms with E-state index in [9.17, 15) is 0 Å². The van der Waals surface area contributed by atoms with Crippen molar-refractivity contribution in [3.8, 4) is 11.1 Å². The van der Waals surface area contributed by atoms with Gasteiger partial charge in [0.2, 0.25) is 0 Å². The van der Waals surface area contributed by atoms with E-state index in [0.717, 1.165) is 18.8 Å². The maximum atomic E-state index is 5.50. The van der Waals surface area contributed by atoms with E-state index in [-0.39, 0.29) is 0 Å². The highest BCUT2D eigenvalue weighted by Gasteiger charge is 2.07. The Bertz CT molecular complexity index is 459. The first-order valence-corrected chi connectivity index (χ1v) is 5.65. The van der Waals surface area contributed by atoms with Gasteiger partial charge in [-0.2, -0.15) is 0 Å². The first kappa shape index (κ1) is 11.0. The summed E-state index contributed by atoms with van der Waals surface area (Å²) >= 11 is 0. The second kappa shape index (κ2) is 4.99. The molecule has 0 amide bonds. The number of nitrogens with one attached hydrogen (secondary N) is 1. The molecule has 0 bridgehead atoms. The van der Waals surface area contributed by atoms with Crippen molar-refractivity contribution in [1.82, 2.24) is 5.32 Å². The first-order valence-electron chi connectivity index (χ1n) is 5.65. The summed E-state index contributed by atoms with van der Waals surface area (Å²) in [6.07, 6.45) is 1.75. The van der Waals surface area contributed by atoms with Crippen LogP contribution in [-0.4, -0.2) is 6.54 Å². The van der Waals surface area contributed by atoms with Crippen molar-refractivity contribution in [2.24, 2.45) is 0 Å². The van der Waals surface area contributed by atoms with Crippen molar-refractivity contribution in [1.29, 1.82) is 0 Å². The van der Waals surface area contributed by atoms with Crippen LogP contribution in [-0.2, 0) is 6.54 Å². The molecule has 2 heteroatoms. The van der Waals surface area contributed by atoms with Crippen LogP contribution in [0.4, 0.5) is 0 Å². The summed E-state index contributed by atoms with van der Waals surface area (Å²) in [4.78, 5) is 0. The third kappa shape index (κ3) is 2.34. The van der Waals surface area contributed by atoms with E-state index < -0.39 is 0 Å². The standard InChI is InChI=1S/C14H17NO/c1-3-15-10-14-13(7-8-16-14)12-6-4-5-11(2)9-12/h4-9,15H,3,10H2,1-2H3. The zero-order valence-corrected chi connectivity index (χ0v) is 9.79. The zero-order valence-electron chi connectivity index (χ0n) is 9.79. The molecule has 2 rings (SSSR count). The Morgan fingerprint density at radius 3 is 2.88 bits per heavy atom. The highest BCUT2D eigenvalue weighted by atomic mass is 16.3. The number of rotatable bonds is 4. The summed E-state index contributed by atoms with van der Waals surface area (Å²) in [5.74, 6) is 1.01. The molecule has 0 aliphatic carbocycles. The summed E-state index contributed by atoms with van der Waals surface area (Å²) in [6.45, 7) is 5.93. The lowest BCUT2D eigenvalue weighted by Gasteiger charge is -2.04. The highest BCUT2D eigenvalue weighted by Crippen LogP contribution is 2.25. The van der Waals surface area contributed by atoms with Gasteiger partial charge in [0.15, 0.2) is 0 Å². The number of aryl methyl sites for hydroxylation is 1. The van der Waals surface area contributed by atoms with Gasteiger partial charge >= 0.3 is 0 Å². The van der Waals surface area contributed by atoms with Gasteiger partial charge in [0.1, 0.15) is 5.76 Å². The quantitative estimate of drug-likeness (QED) is 0.846. The average molecular weight is 215 g/mol. The molecule has 2 aromatic rings. The van der Waals surface area contributed by atoms with Gasteiger partial charge in [0, 0.05) is 5.56 Å². The van der Waals surface area contributed by atoms with Gasteiger partial charge in [-0.1, -0.05) is 36.8 Å². The van der Waals surface area contributed by atoms with Crippen molar-refractivity contribution in [2.45, 2.75) is 20.4 Å². The van der Waals surface area contributed by atoms with Gasteiger partial charge < -0.3 is 9.73 Å². The molecular formula is C14H17NO. The molecule has 0 atom stereocenters. The van der Waals surface area contributed by atoms with Crippen LogP contribution in [0.3, 0.4) is 0 Å². The summed E-state index contributed by atoms with van der Waals surface area (Å²) in [6, 6.07) is 10.5. The maximum Gasteiger partial charge on any atom is 0.125 e. The van der Waals surface area contributed by atoms with Crippen LogP contribution in [0.5, 0.6) is 0 Å². The summed E-state index contributed by atoms with van der Waals surface area (Å²) in [5.41, 5.74) is 3.68. The third-order valence-corrected chi connectivity index (χ3v) is 2.61. The molecule has 1 aromatic carbocycles. The van der Waals surface area contributed by atoms with Gasteiger partial charge in [-0.3, -0.25) is 0 Å². The van der Waals surface area contributed by atoms with Gasteiger partial charge in [-0.25, -0.2) is 0 Å². The lowest BCUT2D eigenvalue weighted by molar-refractivity contribution is 0.489. The molecule has 0 spiro atoms. The molecule has 84 valence electrons. The van der Waals surface area contributed by atoms with Crippen molar-refractivity contribution < 1.29 is 4.42 Å². The monoisotopic (exact) mass is 215 g/mol. The van der Waals surface area contributed by atoms with E-state index in [2.05, 4.69) is 43.4 Å². The van der Waals surface area contributed by atoms with Crippen LogP contribution in [0.15, 0.2) is 41.0 Å². The van der Waals surface area contributed by atoms with Crippen molar-refractivity contribution >= 4 is 0 Å². The molecular weight excluding hydrogens is 198 g/mol. The van der Waals surface area contributed by atoms with Crippen molar-refractivity contribution in [2.75, 3.05) is 6.54 Å². The molecule has 1 heterocycles. The summed E-state index contributed by atoms with van der Waals surface area (Å²) in [7, 11) is 0. The van der Waals surface area contributed by atoms with Crippen LogP contribution < -0.4 is 5.32 Å². The lowest BCUT2D eigenvalue weighted by Crippen LogP contribution is -2.11. The number of hydrogen-bond donors (Lipinski definition) is 1. The number of benzene rings is 1. The molecule has 0 aliphatic rings. The molecule has 16 heavy (non-hydrogen) atoms. The minimum atomic E-state index is 0.784. The fraction of sp³-hybridized carbons (Fsp3) is 0.286. The second-order valence-electron chi connectivity index (χ2n) is 3.91. The molecule has 0 radical (unpaired) electrons. The Labute approximate surface area is 96.3 Å². The van der Waals surface area contributed by atoms with E-state index in [0.29, 0.717) is 0 Å². The Balaban J connectivity index is 2.29. The molecule has 2 nitrogen and oxygen atoms in total. The fourth-order valence-corrected chi connectivity index (χ4v) is 1.79. The lowest BCUT2D eigenvalue weighted by atomic mass is 10.0. The first-order chi connectivity index (χ1) is 7.81. The smallest absolute Gasteiger partial charge is 0.125 e. The van der Waals surface area contributed by atoms with Crippen molar-refractivity contribution in [3.05, 3.63) is 47.9 Å². The molecule has 0 saturated heterocycles. The van der Waals surface area contributed by atoms with Gasteiger partial charge in [0.25, 0.3) is 0 Å². The van der Waals surface area contributed by atoms with Crippen LogP contribution >= 0.6 is 0 Å². The predicted octanol–water partition coefficient (Wildman–Crippen LogP) is 3.36.